The Kier molecular flexibility index (Phi) is 3.91. The first-order valence-corrected chi connectivity index (χ1v) is 6.77. The Labute approximate surface area is 108 Å². The molecule has 3 heteroatoms. The molecule has 2 atom stereocenters. The Hall–Kier alpha value is -1.09. The lowest BCUT2D eigenvalue weighted by molar-refractivity contribution is -0.0243. The fraction of sp³-hybridized carbons (Fsp3) is 0.600. The van der Waals surface area contributed by atoms with Crippen LogP contribution in [0.5, 0.6) is 5.75 Å². The fourth-order valence-electron chi connectivity index (χ4n) is 2.66. The quantitative estimate of drug-likeness (QED) is 0.878. The lowest BCUT2D eigenvalue weighted by Crippen LogP contribution is -2.40. The van der Waals surface area contributed by atoms with E-state index in [4.69, 9.17) is 4.74 Å². The average Bonchev–Trinajstić information content (AvgIpc) is 2.37. The average molecular weight is 252 g/mol. The van der Waals surface area contributed by atoms with Crippen molar-refractivity contribution in [3.05, 3.63) is 29.6 Å². The predicted octanol–water partition coefficient (Wildman–Crippen LogP) is 3.98. The van der Waals surface area contributed by atoms with Crippen LogP contribution < -0.4 is 4.74 Å². The van der Waals surface area contributed by atoms with Crippen molar-refractivity contribution in [1.82, 2.24) is 0 Å². The van der Waals surface area contributed by atoms with Crippen molar-refractivity contribution in [2.24, 2.45) is 0 Å². The number of fused-ring (bicyclic) bond motifs is 1. The smallest absolute Gasteiger partial charge is 0.126 e. The number of hydrogen-bond acceptors (Lipinski definition) is 2. The molecule has 0 saturated carbocycles. The van der Waals surface area contributed by atoms with Crippen molar-refractivity contribution in [3.8, 4) is 5.75 Å². The molecule has 1 aliphatic heterocycles. The van der Waals surface area contributed by atoms with Gasteiger partial charge in [-0.1, -0.05) is 20.3 Å². The second kappa shape index (κ2) is 5.27. The Morgan fingerprint density at radius 2 is 2.22 bits per heavy atom. The van der Waals surface area contributed by atoms with Gasteiger partial charge in [0.2, 0.25) is 0 Å². The zero-order valence-corrected chi connectivity index (χ0v) is 11.1. The van der Waals surface area contributed by atoms with Crippen LogP contribution in [0.15, 0.2) is 18.2 Å². The van der Waals surface area contributed by atoms with Gasteiger partial charge in [0.25, 0.3) is 0 Å². The highest BCUT2D eigenvalue weighted by molar-refractivity contribution is 5.38. The number of rotatable bonds is 4. The monoisotopic (exact) mass is 252 g/mol. The SMILES string of the molecule is CCCCC1(CC)C[C@@H](O)c2cc(F)ccc2O1. The van der Waals surface area contributed by atoms with Gasteiger partial charge in [-0.25, -0.2) is 4.39 Å². The molecule has 1 aliphatic rings. The summed E-state index contributed by atoms with van der Waals surface area (Å²) in [5, 5.41) is 10.2. The predicted molar refractivity (Wildman–Crippen MR) is 69.2 cm³/mol. The molecule has 1 N–H and O–H groups in total. The minimum Gasteiger partial charge on any atom is -0.487 e. The summed E-state index contributed by atoms with van der Waals surface area (Å²) in [7, 11) is 0. The molecule has 1 heterocycles. The van der Waals surface area contributed by atoms with Crippen LogP contribution in [0.25, 0.3) is 0 Å². The topological polar surface area (TPSA) is 29.5 Å². The number of aliphatic hydroxyl groups is 1. The van der Waals surface area contributed by atoms with Crippen LogP contribution in [0, 0.1) is 5.82 Å². The van der Waals surface area contributed by atoms with E-state index in [1.165, 1.54) is 12.1 Å². The van der Waals surface area contributed by atoms with E-state index in [9.17, 15) is 9.50 Å². The van der Waals surface area contributed by atoms with Crippen molar-refractivity contribution in [2.75, 3.05) is 0 Å². The highest BCUT2D eigenvalue weighted by atomic mass is 19.1. The van der Waals surface area contributed by atoms with Crippen LogP contribution in [0.4, 0.5) is 4.39 Å². The third-order valence-corrected chi connectivity index (χ3v) is 3.85. The van der Waals surface area contributed by atoms with E-state index in [2.05, 4.69) is 13.8 Å². The first-order valence-electron chi connectivity index (χ1n) is 6.77. The van der Waals surface area contributed by atoms with Crippen molar-refractivity contribution >= 4 is 0 Å². The Morgan fingerprint density at radius 1 is 1.44 bits per heavy atom. The molecule has 0 aromatic heterocycles. The largest absolute Gasteiger partial charge is 0.487 e. The first-order chi connectivity index (χ1) is 8.60. The first kappa shape index (κ1) is 13.3. The maximum absolute atomic E-state index is 13.2. The summed E-state index contributed by atoms with van der Waals surface area (Å²) < 4.78 is 19.2. The summed E-state index contributed by atoms with van der Waals surface area (Å²) in [6, 6.07) is 4.39. The summed E-state index contributed by atoms with van der Waals surface area (Å²) in [4.78, 5) is 0. The van der Waals surface area contributed by atoms with Crippen molar-refractivity contribution in [3.63, 3.8) is 0 Å². The lowest BCUT2D eigenvalue weighted by atomic mass is 9.83. The maximum atomic E-state index is 13.2. The normalized spacial score (nSPS) is 26.6. The molecule has 1 aromatic rings. The van der Waals surface area contributed by atoms with Gasteiger partial charge in [0.05, 0.1) is 6.10 Å². The van der Waals surface area contributed by atoms with E-state index in [-0.39, 0.29) is 11.4 Å². The minimum absolute atomic E-state index is 0.291. The Bertz CT molecular complexity index is 419. The van der Waals surface area contributed by atoms with Gasteiger partial charge in [-0.15, -0.1) is 0 Å². The third-order valence-electron chi connectivity index (χ3n) is 3.85. The van der Waals surface area contributed by atoms with Gasteiger partial charge in [-0.3, -0.25) is 0 Å². The number of hydrogen-bond donors (Lipinski definition) is 1. The van der Waals surface area contributed by atoms with Crippen molar-refractivity contribution in [2.45, 2.75) is 57.7 Å². The van der Waals surface area contributed by atoms with Crippen LogP contribution in [0.3, 0.4) is 0 Å². The number of benzene rings is 1. The van der Waals surface area contributed by atoms with Gasteiger partial charge in [-0.2, -0.15) is 0 Å². The molecule has 0 radical (unpaired) electrons. The van der Waals surface area contributed by atoms with Gasteiger partial charge in [0.15, 0.2) is 0 Å². The number of aliphatic hydroxyl groups excluding tert-OH is 1. The molecule has 1 aromatic carbocycles. The molecule has 1 unspecified atom stereocenters. The van der Waals surface area contributed by atoms with E-state index >= 15 is 0 Å². The zero-order chi connectivity index (χ0) is 13.2. The standard InChI is InChI=1S/C15H21FO2/c1-3-5-8-15(4-2)10-13(17)12-9-11(16)6-7-14(12)18-15/h6-7,9,13,17H,3-5,8,10H2,1-2H3/t13-,15?/m1/s1. The second-order valence-electron chi connectivity index (χ2n) is 5.14. The van der Waals surface area contributed by atoms with Gasteiger partial charge in [0, 0.05) is 12.0 Å². The molecule has 18 heavy (non-hydrogen) atoms. The lowest BCUT2D eigenvalue weighted by Gasteiger charge is -2.40. The van der Waals surface area contributed by atoms with Crippen LogP contribution in [0.2, 0.25) is 0 Å². The van der Waals surface area contributed by atoms with Crippen LogP contribution in [-0.2, 0) is 0 Å². The molecule has 0 amide bonds. The number of unbranched alkanes of at least 4 members (excludes halogenated alkanes) is 1. The molecular formula is C15H21FO2. The zero-order valence-electron chi connectivity index (χ0n) is 11.1. The molecule has 0 saturated heterocycles. The number of halogens is 1. The van der Waals surface area contributed by atoms with E-state index in [1.54, 1.807) is 6.07 Å². The molecule has 2 rings (SSSR count). The number of ether oxygens (including phenoxy) is 1. The summed E-state index contributed by atoms with van der Waals surface area (Å²) in [6.07, 6.45) is 3.92. The van der Waals surface area contributed by atoms with Gasteiger partial charge < -0.3 is 9.84 Å². The molecular weight excluding hydrogens is 231 g/mol. The Morgan fingerprint density at radius 3 is 2.89 bits per heavy atom. The summed E-state index contributed by atoms with van der Waals surface area (Å²) in [5.41, 5.74) is 0.288. The molecule has 0 bridgehead atoms. The van der Waals surface area contributed by atoms with Crippen molar-refractivity contribution in [1.29, 1.82) is 0 Å². The highest BCUT2D eigenvalue weighted by Gasteiger charge is 2.38. The molecule has 0 fully saturated rings. The van der Waals surface area contributed by atoms with Gasteiger partial charge >= 0.3 is 0 Å². The van der Waals surface area contributed by atoms with E-state index in [0.29, 0.717) is 17.7 Å². The van der Waals surface area contributed by atoms with Gasteiger partial charge in [0.1, 0.15) is 17.2 Å². The van der Waals surface area contributed by atoms with E-state index in [1.807, 2.05) is 0 Å². The second-order valence-corrected chi connectivity index (χ2v) is 5.14. The van der Waals surface area contributed by atoms with E-state index in [0.717, 1.165) is 25.7 Å². The third kappa shape index (κ3) is 2.51. The van der Waals surface area contributed by atoms with Crippen LogP contribution in [0.1, 0.15) is 57.6 Å². The van der Waals surface area contributed by atoms with Gasteiger partial charge in [-0.05, 0) is 37.5 Å². The fourth-order valence-corrected chi connectivity index (χ4v) is 2.66. The molecule has 0 aliphatic carbocycles. The highest BCUT2D eigenvalue weighted by Crippen LogP contribution is 2.43. The molecule has 2 nitrogen and oxygen atoms in total. The summed E-state index contributed by atoms with van der Waals surface area (Å²) in [5.74, 6) is 0.307. The maximum Gasteiger partial charge on any atom is 0.126 e. The molecule has 0 spiro atoms. The summed E-state index contributed by atoms with van der Waals surface area (Å²) in [6.45, 7) is 4.23. The minimum atomic E-state index is -0.624. The van der Waals surface area contributed by atoms with Crippen LogP contribution in [-0.4, -0.2) is 10.7 Å². The van der Waals surface area contributed by atoms with Crippen LogP contribution >= 0.6 is 0 Å². The van der Waals surface area contributed by atoms with E-state index < -0.39 is 6.10 Å². The summed E-state index contributed by atoms with van der Waals surface area (Å²) >= 11 is 0. The van der Waals surface area contributed by atoms with Crippen molar-refractivity contribution < 1.29 is 14.2 Å². The molecule has 100 valence electrons. The Balaban J connectivity index is 2.27.